The van der Waals surface area contributed by atoms with Gasteiger partial charge in [-0.1, -0.05) is 30.3 Å². The maximum Gasteiger partial charge on any atom is 0.284 e. The molecule has 0 fully saturated rings. The highest BCUT2D eigenvalue weighted by Crippen LogP contribution is 2.36. The molecule has 160 valence electrons. The number of allylic oxidation sites excluding steroid dienone is 1. The Balaban J connectivity index is 2.18. The SMILES string of the molecule is COCOc1c(C=C(C)c2ccc(CO)o2)ccc([N+](=O)[O-])c1C(=O)c1ccccc1. The van der Waals surface area contributed by atoms with Crippen LogP contribution in [0.5, 0.6) is 5.75 Å². The Morgan fingerprint density at radius 1 is 1.16 bits per heavy atom. The van der Waals surface area contributed by atoms with E-state index in [1.54, 1.807) is 55.5 Å². The highest BCUT2D eigenvalue weighted by atomic mass is 16.7. The number of ketones is 1. The zero-order valence-corrected chi connectivity index (χ0v) is 17.0. The largest absolute Gasteiger partial charge is 0.466 e. The molecule has 0 aliphatic carbocycles. The number of carbonyl (C=O) groups is 1. The van der Waals surface area contributed by atoms with Crippen LogP contribution in [0.1, 0.15) is 39.9 Å². The second-order valence-electron chi connectivity index (χ2n) is 6.63. The van der Waals surface area contributed by atoms with Crippen molar-refractivity contribution in [2.75, 3.05) is 13.9 Å². The van der Waals surface area contributed by atoms with Crippen LogP contribution in [0, 0.1) is 10.1 Å². The summed E-state index contributed by atoms with van der Waals surface area (Å²) in [6.45, 7) is 1.34. The van der Waals surface area contributed by atoms with Crippen LogP contribution in [0.2, 0.25) is 0 Å². The molecule has 3 rings (SSSR count). The molecule has 0 unspecified atom stereocenters. The molecule has 1 aromatic heterocycles. The third-order valence-corrected chi connectivity index (χ3v) is 4.53. The summed E-state index contributed by atoms with van der Waals surface area (Å²) in [4.78, 5) is 24.3. The van der Waals surface area contributed by atoms with E-state index in [4.69, 9.17) is 13.9 Å². The van der Waals surface area contributed by atoms with Gasteiger partial charge in [0.2, 0.25) is 5.78 Å². The molecule has 0 saturated carbocycles. The number of nitro benzene ring substituents is 1. The molecule has 31 heavy (non-hydrogen) atoms. The molecular weight excluding hydrogens is 402 g/mol. The minimum atomic E-state index is -0.615. The van der Waals surface area contributed by atoms with Gasteiger partial charge in [0.15, 0.2) is 6.79 Å². The van der Waals surface area contributed by atoms with E-state index >= 15 is 0 Å². The number of rotatable bonds is 9. The van der Waals surface area contributed by atoms with Gasteiger partial charge < -0.3 is 19.0 Å². The summed E-state index contributed by atoms with van der Waals surface area (Å²) in [6.07, 6.45) is 1.69. The van der Waals surface area contributed by atoms with Crippen LogP contribution in [0.25, 0.3) is 11.6 Å². The molecular formula is C23H21NO7. The Bertz CT molecular complexity index is 1120. The normalized spacial score (nSPS) is 11.4. The maximum absolute atomic E-state index is 13.2. The summed E-state index contributed by atoms with van der Waals surface area (Å²) in [5.41, 5.74) is 0.889. The van der Waals surface area contributed by atoms with Gasteiger partial charge in [-0.15, -0.1) is 0 Å². The molecule has 0 aliphatic rings. The molecule has 2 aromatic carbocycles. The van der Waals surface area contributed by atoms with Crippen LogP contribution in [0.4, 0.5) is 5.69 Å². The number of furan rings is 1. The van der Waals surface area contributed by atoms with Gasteiger partial charge in [-0.3, -0.25) is 14.9 Å². The van der Waals surface area contributed by atoms with E-state index < -0.39 is 10.7 Å². The second-order valence-corrected chi connectivity index (χ2v) is 6.63. The van der Waals surface area contributed by atoms with Crippen molar-refractivity contribution in [3.05, 3.63) is 92.9 Å². The summed E-state index contributed by atoms with van der Waals surface area (Å²) < 4.78 is 16.2. The van der Waals surface area contributed by atoms with Crippen LogP contribution >= 0.6 is 0 Å². The van der Waals surface area contributed by atoms with E-state index in [9.17, 15) is 20.0 Å². The summed E-state index contributed by atoms with van der Waals surface area (Å²) in [5.74, 6) is 0.420. The number of aliphatic hydroxyl groups is 1. The van der Waals surface area contributed by atoms with E-state index in [0.717, 1.165) is 0 Å². The lowest BCUT2D eigenvalue weighted by atomic mass is 9.97. The summed E-state index contributed by atoms with van der Waals surface area (Å²) >= 11 is 0. The predicted molar refractivity (Wildman–Crippen MR) is 114 cm³/mol. The van der Waals surface area contributed by atoms with Crippen molar-refractivity contribution < 1.29 is 28.7 Å². The van der Waals surface area contributed by atoms with E-state index in [1.807, 2.05) is 0 Å². The van der Waals surface area contributed by atoms with Gasteiger partial charge >= 0.3 is 0 Å². The molecule has 0 amide bonds. The molecule has 1 heterocycles. The minimum absolute atomic E-state index is 0.0400. The number of carbonyl (C=O) groups excluding carboxylic acids is 1. The first-order valence-corrected chi connectivity index (χ1v) is 9.37. The molecule has 8 heteroatoms. The van der Waals surface area contributed by atoms with Gasteiger partial charge in [-0.05, 0) is 36.8 Å². The lowest BCUT2D eigenvalue weighted by molar-refractivity contribution is -0.385. The predicted octanol–water partition coefficient (Wildman–Crippen LogP) is 4.45. The number of methoxy groups -OCH3 is 1. The highest BCUT2D eigenvalue weighted by Gasteiger charge is 2.28. The molecule has 1 N–H and O–H groups in total. The Morgan fingerprint density at radius 3 is 2.52 bits per heavy atom. The van der Waals surface area contributed by atoms with Gasteiger partial charge in [0.25, 0.3) is 5.69 Å². The first-order chi connectivity index (χ1) is 15.0. The number of nitro groups is 1. The Morgan fingerprint density at radius 2 is 1.90 bits per heavy atom. The average Bonchev–Trinajstić information content (AvgIpc) is 3.27. The number of benzene rings is 2. The average molecular weight is 423 g/mol. The first kappa shape index (κ1) is 21.9. The monoisotopic (exact) mass is 423 g/mol. The van der Waals surface area contributed by atoms with Crippen LogP contribution < -0.4 is 4.74 Å². The lowest BCUT2D eigenvalue weighted by Gasteiger charge is -2.14. The van der Waals surface area contributed by atoms with Gasteiger partial charge in [-0.2, -0.15) is 0 Å². The van der Waals surface area contributed by atoms with E-state index in [-0.39, 0.29) is 30.4 Å². The van der Waals surface area contributed by atoms with Gasteiger partial charge in [-0.25, -0.2) is 0 Å². The fourth-order valence-corrected chi connectivity index (χ4v) is 3.06. The van der Waals surface area contributed by atoms with Crippen molar-refractivity contribution in [2.24, 2.45) is 0 Å². The van der Waals surface area contributed by atoms with Crippen LogP contribution in [0.15, 0.2) is 59.0 Å². The zero-order valence-electron chi connectivity index (χ0n) is 17.0. The minimum Gasteiger partial charge on any atom is -0.466 e. The van der Waals surface area contributed by atoms with E-state index in [1.165, 1.54) is 19.2 Å². The zero-order chi connectivity index (χ0) is 22.4. The number of ether oxygens (including phenoxy) is 2. The van der Waals surface area contributed by atoms with Crippen molar-refractivity contribution in [1.29, 1.82) is 0 Å². The number of hydrogen-bond donors (Lipinski definition) is 1. The second kappa shape index (κ2) is 9.84. The Labute approximate surface area is 178 Å². The number of nitrogens with zero attached hydrogens (tertiary/aromatic N) is 1. The van der Waals surface area contributed by atoms with Crippen molar-refractivity contribution in [3.8, 4) is 5.75 Å². The number of aliphatic hydroxyl groups excluding tert-OH is 1. The van der Waals surface area contributed by atoms with Gasteiger partial charge in [0.1, 0.15) is 29.4 Å². The lowest BCUT2D eigenvalue weighted by Crippen LogP contribution is -2.11. The van der Waals surface area contributed by atoms with Crippen LogP contribution in [-0.2, 0) is 11.3 Å². The van der Waals surface area contributed by atoms with E-state index in [2.05, 4.69) is 0 Å². The van der Waals surface area contributed by atoms with Crippen LogP contribution in [0.3, 0.4) is 0 Å². The van der Waals surface area contributed by atoms with Crippen molar-refractivity contribution >= 4 is 23.1 Å². The fraction of sp³-hybridized carbons (Fsp3) is 0.174. The molecule has 0 atom stereocenters. The molecule has 0 spiro atoms. The highest BCUT2D eigenvalue weighted by molar-refractivity contribution is 6.14. The molecule has 0 bridgehead atoms. The third-order valence-electron chi connectivity index (χ3n) is 4.53. The topological polar surface area (TPSA) is 112 Å². The van der Waals surface area contributed by atoms with E-state index in [0.29, 0.717) is 28.2 Å². The Hall–Kier alpha value is -3.75. The third kappa shape index (κ3) is 4.88. The molecule has 8 nitrogen and oxygen atoms in total. The molecule has 0 aliphatic heterocycles. The summed E-state index contributed by atoms with van der Waals surface area (Å²) in [7, 11) is 1.41. The van der Waals surface area contributed by atoms with Gasteiger partial charge in [0, 0.05) is 24.3 Å². The maximum atomic E-state index is 13.2. The molecule has 0 radical (unpaired) electrons. The molecule has 3 aromatic rings. The summed E-state index contributed by atoms with van der Waals surface area (Å²) in [5, 5.41) is 20.9. The Kier molecular flexibility index (Phi) is 6.96. The molecule has 0 saturated heterocycles. The van der Waals surface area contributed by atoms with Crippen molar-refractivity contribution in [3.63, 3.8) is 0 Å². The van der Waals surface area contributed by atoms with Crippen molar-refractivity contribution in [1.82, 2.24) is 0 Å². The van der Waals surface area contributed by atoms with Crippen LogP contribution in [-0.4, -0.2) is 29.7 Å². The quantitative estimate of drug-likeness (QED) is 0.234. The number of hydrogen-bond acceptors (Lipinski definition) is 7. The standard InChI is InChI=1S/C23H21NO7/c1-15(20-11-9-18(13-25)31-20)12-17-8-10-19(24(27)28)21(23(17)30-14-29-2)22(26)16-6-4-3-5-7-16/h3-12,25H,13-14H2,1-2H3. The summed E-state index contributed by atoms with van der Waals surface area (Å²) in [6, 6.07) is 14.4. The first-order valence-electron chi connectivity index (χ1n) is 9.37. The van der Waals surface area contributed by atoms with Crippen molar-refractivity contribution in [2.45, 2.75) is 13.5 Å². The fourth-order valence-electron chi connectivity index (χ4n) is 3.06. The van der Waals surface area contributed by atoms with Gasteiger partial charge in [0.05, 0.1) is 4.92 Å². The smallest absolute Gasteiger partial charge is 0.284 e.